The Kier molecular flexibility index (Phi) is 4.45. The number of hydrogen-bond donors (Lipinski definition) is 1. The van der Waals surface area contributed by atoms with Crippen LogP contribution in [0.15, 0.2) is 18.2 Å². The van der Waals surface area contributed by atoms with Crippen LogP contribution in [-0.2, 0) is 6.54 Å². The Morgan fingerprint density at radius 1 is 1.40 bits per heavy atom. The van der Waals surface area contributed by atoms with E-state index in [4.69, 9.17) is 17.3 Å². The summed E-state index contributed by atoms with van der Waals surface area (Å²) in [6.45, 7) is 6.59. The maximum atomic E-state index is 13.2. The van der Waals surface area contributed by atoms with E-state index in [1.165, 1.54) is 6.07 Å². The lowest BCUT2D eigenvalue weighted by atomic mass is 10.0. The van der Waals surface area contributed by atoms with Crippen molar-refractivity contribution in [3.05, 3.63) is 51.6 Å². The monoisotopic (exact) mass is 295 g/mol. The summed E-state index contributed by atoms with van der Waals surface area (Å²) < 4.78 is 15.1. The second kappa shape index (κ2) is 5.94. The molecule has 0 aliphatic rings. The van der Waals surface area contributed by atoms with Crippen LogP contribution in [-0.4, -0.2) is 9.78 Å². The minimum Gasteiger partial charge on any atom is -0.324 e. The van der Waals surface area contributed by atoms with Crippen LogP contribution < -0.4 is 5.73 Å². The van der Waals surface area contributed by atoms with Crippen molar-refractivity contribution in [3.63, 3.8) is 0 Å². The minimum atomic E-state index is -0.405. The minimum absolute atomic E-state index is 0.000515. The number of aromatic nitrogens is 2. The third kappa shape index (κ3) is 2.86. The van der Waals surface area contributed by atoms with Crippen LogP contribution in [0.5, 0.6) is 0 Å². The topological polar surface area (TPSA) is 43.8 Å². The highest BCUT2D eigenvalue weighted by Gasteiger charge is 2.16. The summed E-state index contributed by atoms with van der Waals surface area (Å²) in [5.74, 6) is -0.405. The van der Waals surface area contributed by atoms with Crippen molar-refractivity contribution < 1.29 is 4.39 Å². The molecule has 1 unspecified atom stereocenters. The molecule has 20 heavy (non-hydrogen) atoms. The molecular weight excluding hydrogens is 277 g/mol. The number of rotatable bonds is 4. The molecule has 2 N–H and O–H groups in total. The lowest BCUT2D eigenvalue weighted by Crippen LogP contribution is -2.11. The molecule has 1 aromatic carbocycles. The zero-order valence-corrected chi connectivity index (χ0v) is 12.7. The maximum absolute atomic E-state index is 13.2. The van der Waals surface area contributed by atoms with Gasteiger partial charge in [0.25, 0.3) is 0 Å². The number of benzene rings is 1. The van der Waals surface area contributed by atoms with Gasteiger partial charge in [0.2, 0.25) is 0 Å². The summed E-state index contributed by atoms with van der Waals surface area (Å²) in [7, 11) is 0. The van der Waals surface area contributed by atoms with E-state index in [1.807, 2.05) is 18.5 Å². The number of nitrogens with two attached hydrogens (primary N) is 1. The van der Waals surface area contributed by atoms with Crippen molar-refractivity contribution in [2.75, 3.05) is 0 Å². The van der Waals surface area contributed by atoms with E-state index in [0.717, 1.165) is 28.9 Å². The first-order chi connectivity index (χ1) is 9.43. The summed E-state index contributed by atoms with van der Waals surface area (Å²) in [5.41, 5.74) is 10.1. The molecule has 0 amide bonds. The summed E-state index contributed by atoms with van der Waals surface area (Å²) in [6, 6.07) is 4.73. The molecule has 1 heterocycles. The zero-order chi connectivity index (χ0) is 14.9. The fourth-order valence-electron chi connectivity index (χ4n) is 2.42. The Hall–Kier alpha value is -1.39. The Morgan fingerprint density at radius 2 is 2.10 bits per heavy atom. The van der Waals surface area contributed by atoms with Crippen LogP contribution in [0.2, 0.25) is 5.02 Å². The van der Waals surface area contributed by atoms with E-state index in [-0.39, 0.29) is 11.1 Å². The van der Waals surface area contributed by atoms with Gasteiger partial charge in [-0.05, 0) is 38.0 Å². The summed E-state index contributed by atoms with van der Waals surface area (Å²) in [5, 5.41) is 4.66. The normalized spacial score (nSPS) is 12.7. The zero-order valence-electron chi connectivity index (χ0n) is 12.0. The highest BCUT2D eigenvalue weighted by atomic mass is 35.5. The average molecular weight is 296 g/mol. The van der Waals surface area contributed by atoms with Gasteiger partial charge in [-0.15, -0.1) is 0 Å². The van der Waals surface area contributed by atoms with E-state index in [9.17, 15) is 4.39 Å². The average Bonchev–Trinajstić information content (AvgIpc) is 2.68. The van der Waals surface area contributed by atoms with E-state index in [1.54, 1.807) is 12.1 Å². The predicted molar refractivity (Wildman–Crippen MR) is 79.4 cm³/mol. The quantitative estimate of drug-likeness (QED) is 0.933. The van der Waals surface area contributed by atoms with Crippen molar-refractivity contribution in [2.45, 2.75) is 39.8 Å². The number of aryl methyl sites for hydroxylation is 1. The number of hydrogen-bond acceptors (Lipinski definition) is 2. The smallest absolute Gasteiger partial charge is 0.141 e. The highest BCUT2D eigenvalue weighted by molar-refractivity contribution is 6.30. The van der Waals surface area contributed by atoms with Gasteiger partial charge in [-0.1, -0.05) is 24.6 Å². The van der Waals surface area contributed by atoms with Crippen molar-refractivity contribution in [1.82, 2.24) is 9.78 Å². The first-order valence-corrected chi connectivity index (χ1v) is 7.05. The van der Waals surface area contributed by atoms with Crippen LogP contribution in [0.1, 0.15) is 41.9 Å². The molecule has 0 spiro atoms. The number of halogens is 2. The van der Waals surface area contributed by atoms with Gasteiger partial charge in [-0.25, -0.2) is 4.39 Å². The predicted octanol–water partition coefficient (Wildman–Crippen LogP) is 3.75. The largest absolute Gasteiger partial charge is 0.324 e. The first-order valence-electron chi connectivity index (χ1n) is 6.67. The summed E-state index contributed by atoms with van der Waals surface area (Å²) in [6.07, 6.45) is 0.871. The van der Waals surface area contributed by atoms with Crippen LogP contribution in [0, 0.1) is 19.7 Å². The van der Waals surface area contributed by atoms with Crippen LogP contribution in [0.4, 0.5) is 4.39 Å². The van der Waals surface area contributed by atoms with Crippen molar-refractivity contribution in [1.29, 1.82) is 0 Å². The van der Waals surface area contributed by atoms with Gasteiger partial charge < -0.3 is 5.73 Å². The van der Waals surface area contributed by atoms with Crippen molar-refractivity contribution in [2.24, 2.45) is 5.73 Å². The lowest BCUT2D eigenvalue weighted by molar-refractivity contribution is 0.622. The highest BCUT2D eigenvalue weighted by Crippen LogP contribution is 2.23. The molecular formula is C15H19ClFN3. The molecule has 3 nitrogen and oxygen atoms in total. The molecule has 0 saturated carbocycles. The fraction of sp³-hybridized carbons (Fsp3) is 0.400. The first kappa shape index (κ1) is 15.0. The molecule has 0 fully saturated rings. The van der Waals surface area contributed by atoms with E-state index in [0.29, 0.717) is 6.54 Å². The second-order valence-electron chi connectivity index (χ2n) is 5.01. The molecule has 0 saturated heterocycles. The van der Waals surface area contributed by atoms with Gasteiger partial charge in [-0.2, -0.15) is 5.10 Å². The molecule has 2 aromatic rings. The van der Waals surface area contributed by atoms with Gasteiger partial charge >= 0.3 is 0 Å². The van der Waals surface area contributed by atoms with Gasteiger partial charge in [0.1, 0.15) is 5.82 Å². The molecule has 0 bridgehead atoms. The van der Waals surface area contributed by atoms with Crippen molar-refractivity contribution >= 4 is 11.6 Å². The van der Waals surface area contributed by atoms with Gasteiger partial charge in [0.15, 0.2) is 0 Å². The number of nitrogens with zero attached hydrogens (tertiary/aromatic N) is 2. The molecule has 0 radical (unpaired) electrons. The molecule has 2 rings (SSSR count). The third-order valence-corrected chi connectivity index (χ3v) is 3.85. The van der Waals surface area contributed by atoms with E-state index < -0.39 is 5.82 Å². The molecule has 1 aromatic heterocycles. The fourth-order valence-corrected chi connectivity index (χ4v) is 2.62. The second-order valence-corrected chi connectivity index (χ2v) is 5.41. The third-order valence-electron chi connectivity index (χ3n) is 3.56. The summed E-state index contributed by atoms with van der Waals surface area (Å²) in [4.78, 5) is 0. The van der Waals surface area contributed by atoms with Crippen molar-refractivity contribution in [3.8, 4) is 0 Å². The lowest BCUT2D eigenvalue weighted by Gasteiger charge is -2.10. The van der Waals surface area contributed by atoms with Gasteiger partial charge in [-0.3, -0.25) is 4.68 Å². The van der Waals surface area contributed by atoms with E-state index in [2.05, 4.69) is 12.0 Å². The van der Waals surface area contributed by atoms with Gasteiger partial charge in [0, 0.05) is 17.3 Å². The van der Waals surface area contributed by atoms with E-state index >= 15 is 0 Å². The molecule has 108 valence electrons. The van der Waals surface area contributed by atoms with Crippen LogP contribution in [0.25, 0.3) is 0 Å². The van der Waals surface area contributed by atoms with Crippen LogP contribution in [0.3, 0.4) is 0 Å². The molecule has 0 aliphatic carbocycles. The van der Waals surface area contributed by atoms with Crippen LogP contribution >= 0.6 is 11.6 Å². The molecule has 0 aliphatic heterocycles. The molecule has 5 heteroatoms. The Labute approximate surface area is 123 Å². The Morgan fingerprint density at radius 3 is 2.70 bits per heavy atom. The molecule has 1 atom stereocenters. The maximum Gasteiger partial charge on any atom is 0.141 e. The Balaban J connectivity index is 2.32. The standard InChI is InChI=1S/C15H19ClFN3/c1-4-14(18)15-9(2)19-20(10(15)3)8-11-5-6-13(17)12(16)7-11/h5-7,14H,4,8,18H2,1-3H3. The van der Waals surface area contributed by atoms with Gasteiger partial charge in [0.05, 0.1) is 17.3 Å². The SMILES string of the molecule is CCC(N)c1c(C)nn(Cc2ccc(F)c(Cl)c2)c1C. The Bertz CT molecular complexity index is 622. The summed E-state index contributed by atoms with van der Waals surface area (Å²) >= 11 is 5.80.